The molecule has 0 unspecified atom stereocenters. The average Bonchev–Trinajstić information content (AvgIpc) is 2.77. The summed E-state index contributed by atoms with van der Waals surface area (Å²) >= 11 is 0. The number of hydrogen-bond donors (Lipinski definition) is 0. The van der Waals surface area contributed by atoms with E-state index in [2.05, 4.69) is 4.98 Å². The van der Waals surface area contributed by atoms with Crippen molar-refractivity contribution in [2.24, 2.45) is 5.41 Å². The van der Waals surface area contributed by atoms with E-state index in [1.807, 2.05) is 51.1 Å². The summed E-state index contributed by atoms with van der Waals surface area (Å²) in [7, 11) is 0. The Morgan fingerprint density at radius 2 is 1.82 bits per heavy atom. The van der Waals surface area contributed by atoms with Crippen molar-refractivity contribution in [1.82, 2.24) is 4.98 Å². The number of carbonyl (C=O) groups is 1. The van der Waals surface area contributed by atoms with Gasteiger partial charge in [-0.1, -0.05) is 51.1 Å². The van der Waals surface area contributed by atoms with E-state index in [1.54, 1.807) is 6.20 Å². The number of carbonyl (C=O) groups excluding carboxylic acids is 1. The number of ketones is 1. The second-order valence-electron chi connectivity index (χ2n) is 4.97. The molecule has 0 bridgehead atoms. The smallest absolute Gasteiger partial charge is 0.264 e. The van der Waals surface area contributed by atoms with Crippen molar-refractivity contribution in [3.8, 4) is 11.3 Å². The summed E-state index contributed by atoms with van der Waals surface area (Å²) in [5, 5.41) is 0. The van der Waals surface area contributed by atoms with Gasteiger partial charge in [-0.15, -0.1) is 0 Å². The highest BCUT2D eigenvalue weighted by atomic mass is 16.4. The van der Waals surface area contributed by atoms with Crippen molar-refractivity contribution < 1.29 is 9.21 Å². The maximum atomic E-state index is 12.0. The van der Waals surface area contributed by atoms with Gasteiger partial charge in [0.15, 0.2) is 5.76 Å². The molecule has 1 heterocycles. The highest BCUT2D eigenvalue weighted by molar-refractivity contribution is 5.96. The van der Waals surface area contributed by atoms with Crippen LogP contribution < -0.4 is 0 Å². The summed E-state index contributed by atoms with van der Waals surface area (Å²) in [6.45, 7) is 5.55. The van der Waals surface area contributed by atoms with Gasteiger partial charge in [-0.05, 0) is 0 Å². The molecule has 17 heavy (non-hydrogen) atoms. The van der Waals surface area contributed by atoms with Gasteiger partial charge >= 0.3 is 0 Å². The summed E-state index contributed by atoms with van der Waals surface area (Å²) in [4.78, 5) is 16.0. The first-order chi connectivity index (χ1) is 7.98. The Balaban J connectivity index is 2.32. The maximum absolute atomic E-state index is 12.0. The van der Waals surface area contributed by atoms with E-state index in [0.29, 0.717) is 5.76 Å². The molecule has 1 aromatic carbocycles. The van der Waals surface area contributed by atoms with Crippen LogP contribution in [0.25, 0.3) is 11.3 Å². The van der Waals surface area contributed by atoms with E-state index in [0.717, 1.165) is 5.56 Å². The summed E-state index contributed by atoms with van der Waals surface area (Å²) in [6, 6.07) is 9.62. The van der Waals surface area contributed by atoms with Crippen LogP contribution in [0.15, 0.2) is 40.9 Å². The van der Waals surface area contributed by atoms with Crippen molar-refractivity contribution >= 4 is 5.78 Å². The molecule has 2 rings (SSSR count). The van der Waals surface area contributed by atoms with E-state index < -0.39 is 5.41 Å². The average molecular weight is 229 g/mol. The quantitative estimate of drug-likeness (QED) is 0.739. The normalized spacial score (nSPS) is 11.5. The number of rotatable bonds is 2. The molecule has 88 valence electrons. The highest BCUT2D eigenvalue weighted by Gasteiger charge is 2.27. The Morgan fingerprint density at radius 3 is 2.41 bits per heavy atom. The molecular formula is C14H15NO2. The Labute approximate surface area is 100 Å². The molecule has 3 heteroatoms. The van der Waals surface area contributed by atoms with E-state index in [1.165, 1.54) is 0 Å². The second kappa shape index (κ2) is 4.17. The molecule has 0 saturated carbocycles. The van der Waals surface area contributed by atoms with Crippen LogP contribution >= 0.6 is 0 Å². The number of benzene rings is 1. The van der Waals surface area contributed by atoms with E-state index >= 15 is 0 Å². The van der Waals surface area contributed by atoms with E-state index in [9.17, 15) is 4.79 Å². The number of Topliss-reactive ketones (excluding diaryl/α,β-unsaturated/α-hetero) is 1. The first-order valence-electron chi connectivity index (χ1n) is 5.54. The standard InChI is InChI=1S/C14H15NO2/c1-14(2,3)12(16)13-15-9-11(17-13)10-7-5-4-6-8-10/h4-9H,1-3H3. The molecule has 1 aromatic heterocycles. The molecule has 0 spiro atoms. The van der Waals surface area contributed by atoms with Crippen molar-refractivity contribution in [3.63, 3.8) is 0 Å². The fourth-order valence-electron chi connectivity index (χ4n) is 1.44. The minimum Gasteiger partial charge on any atom is -0.434 e. The lowest BCUT2D eigenvalue weighted by atomic mass is 9.91. The fraction of sp³-hybridized carbons (Fsp3) is 0.286. The van der Waals surface area contributed by atoms with Gasteiger partial charge in [0, 0.05) is 11.0 Å². The lowest BCUT2D eigenvalue weighted by molar-refractivity contribution is 0.0822. The number of oxazole rings is 1. The van der Waals surface area contributed by atoms with Gasteiger partial charge < -0.3 is 4.42 Å². The van der Waals surface area contributed by atoms with E-state index in [4.69, 9.17) is 4.42 Å². The summed E-state index contributed by atoms with van der Waals surface area (Å²) in [5.41, 5.74) is 0.451. The van der Waals surface area contributed by atoms with Crippen molar-refractivity contribution in [1.29, 1.82) is 0 Å². The van der Waals surface area contributed by atoms with Crippen LogP contribution in [-0.2, 0) is 0 Å². The number of nitrogens with zero attached hydrogens (tertiary/aromatic N) is 1. The third-order valence-corrected chi connectivity index (χ3v) is 2.44. The monoisotopic (exact) mass is 229 g/mol. The van der Waals surface area contributed by atoms with Crippen LogP contribution in [0.2, 0.25) is 0 Å². The molecule has 0 atom stereocenters. The fourth-order valence-corrected chi connectivity index (χ4v) is 1.44. The van der Waals surface area contributed by atoms with Crippen molar-refractivity contribution in [2.45, 2.75) is 20.8 Å². The van der Waals surface area contributed by atoms with Crippen molar-refractivity contribution in [3.05, 3.63) is 42.4 Å². The molecule has 3 nitrogen and oxygen atoms in total. The lowest BCUT2D eigenvalue weighted by Gasteiger charge is -2.12. The summed E-state index contributed by atoms with van der Waals surface area (Å²) in [6.07, 6.45) is 1.59. The number of hydrogen-bond acceptors (Lipinski definition) is 3. The van der Waals surface area contributed by atoms with Gasteiger partial charge in [0.25, 0.3) is 5.89 Å². The zero-order valence-corrected chi connectivity index (χ0v) is 10.2. The maximum Gasteiger partial charge on any atom is 0.264 e. The molecule has 0 radical (unpaired) electrons. The van der Waals surface area contributed by atoms with Crippen LogP contribution in [0.1, 0.15) is 31.5 Å². The summed E-state index contributed by atoms with van der Waals surface area (Å²) < 4.78 is 5.50. The predicted molar refractivity (Wildman–Crippen MR) is 65.7 cm³/mol. The van der Waals surface area contributed by atoms with Gasteiger partial charge in [0.1, 0.15) is 0 Å². The molecule has 2 aromatic rings. The largest absolute Gasteiger partial charge is 0.434 e. The zero-order valence-electron chi connectivity index (χ0n) is 10.2. The van der Waals surface area contributed by atoms with Crippen molar-refractivity contribution in [2.75, 3.05) is 0 Å². The molecule has 0 N–H and O–H groups in total. The van der Waals surface area contributed by atoms with Gasteiger partial charge in [0.2, 0.25) is 5.78 Å². The molecule has 0 fully saturated rings. The Morgan fingerprint density at radius 1 is 1.18 bits per heavy atom. The SMILES string of the molecule is CC(C)(C)C(=O)c1ncc(-c2ccccc2)o1. The Kier molecular flexibility index (Phi) is 2.84. The molecule has 0 aliphatic heterocycles. The number of aromatic nitrogens is 1. The van der Waals surface area contributed by atoms with Crippen LogP contribution in [-0.4, -0.2) is 10.8 Å². The Hall–Kier alpha value is -1.90. The zero-order chi connectivity index (χ0) is 12.5. The molecular weight excluding hydrogens is 214 g/mol. The minimum absolute atomic E-state index is 0.0836. The first-order valence-corrected chi connectivity index (χ1v) is 5.54. The van der Waals surface area contributed by atoms with E-state index in [-0.39, 0.29) is 11.7 Å². The van der Waals surface area contributed by atoms with Gasteiger partial charge in [-0.3, -0.25) is 4.79 Å². The molecule has 0 aliphatic rings. The second-order valence-corrected chi connectivity index (χ2v) is 4.97. The first kappa shape index (κ1) is 11.6. The lowest BCUT2D eigenvalue weighted by Crippen LogP contribution is -2.20. The predicted octanol–water partition coefficient (Wildman–Crippen LogP) is 3.57. The van der Waals surface area contributed by atoms with Crippen LogP contribution in [0.5, 0.6) is 0 Å². The van der Waals surface area contributed by atoms with Crippen LogP contribution in [0.3, 0.4) is 0 Å². The molecule has 0 saturated heterocycles. The Bertz CT molecular complexity index is 521. The topological polar surface area (TPSA) is 43.1 Å². The third kappa shape index (κ3) is 2.44. The van der Waals surface area contributed by atoms with Crippen LogP contribution in [0, 0.1) is 5.41 Å². The molecule has 0 amide bonds. The van der Waals surface area contributed by atoms with Gasteiger partial charge in [0.05, 0.1) is 6.20 Å². The van der Waals surface area contributed by atoms with Gasteiger partial charge in [-0.2, -0.15) is 0 Å². The third-order valence-electron chi connectivity index (χ3n) is 2.44. The molecule has 0 aliphatic carbocycles. The van der Waals surface area contributed by atoms with Gasteiger partial charge in [-0.25, -0.2) is 4.98 Å². The van der Waals surface area contributed by atoms with Crippen LogP contribution in [0.4, 0.5) is 0 Å². The minimum atomic E-state index is -0.473. The summed E-state index contributed by atoms with van der Waals surface area (Å²) in [5.74, 6) is 0.717. The highest BCUT2D eigenvalue weighted by Crippen LogP contribution is 2.24.